The van der Waals surface area contributed by atoms with Gasteiger partial charge in [-0.3, -0.25) is 0 Å². The van der Waals surface area contributed by atoms with Crippen LogP contribution in [0.5, 0.6) is 5.75 Å². The van der Waals surface area contributed by atoms with Crippen LogP contribution < -0.4 is 10.5 Å². The summed E-state index contributed by atoms with van der Waals surface area (Å²) in [5.41, 5.74) is 8.83. The Hall–Kier alpha value is -1.02. The summed E-state index contributed by atoms with van der Waals surface area (Å²) < 4.78 is 5.70. The maximum absolute atomic E-state index is 6.39. The van der Waals surface area contributed by atoms with Crippen molar-refractivity contribution in [1.29, 1.82) is 0 Å². The van der Waals surface area contributed by atoms with E-state index in [0.29, 0.717) is 6.61 Å². The molecule has 2 heteroatoms. The minimum Gasteiger partial charge on any atom is -0.494 e. The van der Waals surface area contributed by atoms with Crippen molar-refractivity contribution in [3.05, 3.63) is 29.3 Å². The summed E-state index contributed by atoms with van der Waals surface area (Å²) in [4.78, 5) is 0. The molecule has 2 N–H and O–H groups in total. The average Bonchev–Trinajstić information content (AvgIpc) is 2.91. The number of nitrogens with two attached hydrogens (primary N) is 1. The lowest BCUT2D eigenvalue weighted by molar-refractivity contribution is 0.332. The molecule has 1 fully saturated rings. The zero-order chi connectivity index (χ0) is 13.7. The van der Waals surface area contributed by atoms with Gasteiger partial charge in [0.25, 0.3) is 0 Å². The fraction of sp³-hybridized carbons (Fsp3) is 0.647. The van der Waals surface area contributed by atoms with Gasteiger partial charge < -0.3 is 10.5 Å². The lowest BCUT2D eigenvalue weighted by atomic mass is 9.94. The number of hydrogen-bond donors (Lipinski definition) is 1. The van der Waals surface area contributed by atoms with Gasteiger partial charge in [0.1, 0.15) is 5.75 Å². The molecule has 2 rings (SSSR count). The van der Waals surface area contributed by atoms with Crippen LogP contribution in [-0.2, 0) is 0 Å². The SMILES string of the molecule is CCOc1ccc(C)cc1C(N)CCC1CCCC1. The molecule has 106 valence electrons. The largest absolute Gasteiger partial charge is 0.494 e. The second kappa shape index (κ2) is 6.95. The maximum atomic E-state index is 6.39. The Morgan fingerprint density at radius 3 is 2.74 bits per heavy atom. The molecule has 0 amide bonds. The predicted octanol–water partition coefficient (Wildman–Crippen LogP) is 4.36. The molecule has 1 atom stereocenters. The lowest BCUT2D eigenvalue weighted by Gasteiger charge is -2.19. The molecule has 1 aliphatic rings. The molecule has 2 nitrogen and oxygen atoms in total. The Morgan fingerprint density at radius 2 is 2.05 bits per heavy atom. The predicted molar refractivity (Wildman–Crippen MR) is 80.5 cm³/mol. The Kier molecular flexibility index (Phi) is 5.26. The molecule has 1 saturated carbocycles. The van der Waals surface area contributed by atoms with Crippen molar-refractivity contribution < 1.29 is 4.74 Å². The number of benzene rings is 1. The van der Waals surface area contributed by atoms with Gasteiger partial charge in [-0.05, 0) is 38.7 Å². The van der Waals surface area contributed by atoms with Crippen LogP contribution in [0, 0.1) is 12.8 Å². The van der Waals surface area contributed by atoms with E-state index in [2.05, 4.69) is 25.1 Å². The van der Waals surface area contributed by atoms with Crippen LogP contribution in [0.15, 0.2) is 18.2 Å². The lowest BCUT2D eigenvalue weighted by Crippen LogP contribution is -2.13. The molecule has 0 radical (unpaired) electrons. The minimum absolute atomic E-state index is 0.113. The van der Waals surface area contributed by atoms with E-state index in [1.165, 1.54) is 43.2 Å². The molecule has 0 heterocycles. The molecule has 1 unspecified atom stereocenters. The third-order valence-electron chi connectivity index (χ3n) is 4.23. The van der Waals surface area contributed by atoms with Crippen molar-refractivity contribution in [2.75, 3.05) is 6.61 Å². The van der Waals surface area contributed by atoms with Crippen LogP contribution in [0.4, 0.5) is 0 Å². The summed E-state index contributed by atoms with van der Waals surface area (Å²) >= 11 is 0. The van der Waals surface area contributed by atoms with Crippen LogP contribution in [0.1, 0.15) is 62.6 Å². The molecule has 0 bridgehead atoms. The summed E-state index contributed by atoms with van der Waals surface area (Å²) in [6, 6.07) is 6.45. The molecular formula is C17H27NO. The van der Waals surface area contributed by atoms with Crippen LogP contribution >= 0.6 is 0 Å². The number of ether oxygens (including phenoxy) is 1. The number of hydrogen-bond acceptors (Lipinski definition) is 2. The van der Waals surface area contributed by atoms with E-state index >= 15 is 0 Å². The molecule has 1 aromatic rings. The topological polar surface area (TPSA) is 35.2 Å². The zero-order valence-electron chi connectivity index (χ0n) is 12.3. The average molecular weight is 261 g/mol. The first-order chi connectivity index (χ1) is 9.20. The van der Waals surface area contributed by atoms with E-state index in [1.54, 1.807) is 0 Å². The molecule has 0 aliphatic heterocycles. The van der Waals surface area contributed by atoms with Gasteiger partial charge in [0.05, 0.1) is 6.61 Å². The molecule has 0 aromatic heterocycles. The van der Waals surface area contributed by atoms with Gasteiger partial charge in [0, 0.05) is 11.6 Å². The second-order valence-electron chi connectivity index (χ2n) is 5.81. The Morgan fingerprint density at radius 1 is 1.32 bits per heavy atom. The molecular weight excluding hydrogens is 234 g/mol. The van der Waals surface area contributed by atoms with Gasteiger partial charge in [0.15, 0.2) is 0 Å². The highest BCUT2D eigenvalue weighted by Gasteiger charge is 2.18. The third kappa shape index (κ3) is 3.97. The van der Waals surface area contributed by atoms with E-state index in [-0.39, 0.29) is 6.04 Å². The summed E-state index contributed by atoms with van der Waals surface area (Å²) in [6.45, 7) is 4.84. The highest BCUT2D eigenvalue weighted by atomic mass is 16.5. The Bertz CT molecular complexity index is 396. The summed E-state index contributed by atoms with van der Waals surface area (Å²) in [5, 5.41) is 0. The van der Waals surface area contributed by atoms with Crippen molar-refractivity contribution in [2.24, 2.45) is 11.7 Å². The number of rotatable bonds is 6. The van der Waals surface area contributed by atoms with Gasteiger partial charge in [-0.15, -0.1) is 0 Å². The van der Waals surface area contributed by atoms with Crippen molar-refractivity contribution >= 4 is 0 Å². The molecule has 1 aliphatic carbocycles. The Labute approximate surface area is 117 Å². The third-order valence-corrected chi connectivity index (χ3v) is 4.23. The quantitative estimate of drug-likeness (QED) is 0.825. The van der Waals surface area contributed by atoms with Crippen molar-refractivity contribution in [2.45, 2.75) is 58.4 Å². The molecule has 1 aromatic carbocycles. The summed E-state index contributed by atoms with van der Waals surface area (Å²) in [6.07, 6.45) is 7.97. The van der Waals surface area contributed by atoms with Gasteiger partial charge in [-0.25, -0.2) is 0 Å². The molecule has 19 heavy (non-hydrogen) atoms. The minimum atomic E-state index is 0.113. The first kappa shape index (κ1) is 14.4. The second-order valence-corrected chi connectivity index (χ2v) is 5.81. The Balaban J connectivity index is 1.99. The number of aryl methyl sites for hydroxylation is 1. The monoisotopic (exact) mass is 261 g/mol. The van der Waals surface area contributed by atoms with E-state index < -0.39 is 0 Å². The fourth-order valence-electron chi connectivity index (χ4n) is 3.11. The van der Waals surface area contributed by atoms with Gasteiger partial charge in [-0.2, -0.15) is 0 Å². The van der Waals surface area contributed by atoms with Crippen LogP contribution in [0.3, 0.4) is 0 Å². The molecule has 0 spiro atoms. The van der Waals surface area contributed by atoms with Crippen molar-refractivity contribution in [3.8, 4) is 5.75 Å². The first-order valence-electron chi connectivity index (χ1n) is 7.69. The summed E-state index contributed by atoms with van der Waals surface area (Å²) in [7, 11) is 0. The van der Waals surface area contributed by atoms with Crippen LogP contribution in [0.2, 0.25) is 0 Å². The maximum Gasteiger partial charge on any atom is 0.124 e. The van der Waals surface area contributed by atoms with Gasteiger partial charge in [-0.1, -0.05) is 43.4 Å². The van der Waals surface area contributed by atoms with Crippen LogP contribution in [0.25, 0.3) is 0 Å². The van der Waals surface area contributed by atoms with Crippen molar-refractivity contribution in [3.63, 3.8) is 0 Å². The zero-order valence-corrected chi connectivity index (χ0v) is 12.3. The van der Waals surface area contributed by atoms with Gasteiger partial charge in [0.2, 0.25) is 0 Å². The fourth-order valence-corrected chi connectivity index (χ4v) is 3.11. The van der Waals surface area contributed by atoms with E-state index in [0.717, 1.165) is 18.1 Å². The van der Waals surface area contributed by atoms with Crippen LogP contribution in [-0.4, -0.2) is 6.61 Å². The smallest absolute Gasteiger partial charge is 0.124 e. The first-order valence-corrected chi connectivity index (χ1v) is 7.69. The van der Waals surface area contributed by atoms with Crippen molar-refractivity contribution in [1.82, 2.24) is 0 Å². The van der Waals surface area contributed by atoms with E-state index in [4.69, 9.17) is 10.5 Å². The normalized spacial score (nSPS) is 17.6. The van der Waals surface area contributed by atoms with Gasteiger partial charge >= 0.3 is 0 Å². The van der Waals surface area contributed by atoms with E-state index in [9.17, 15) is 0 Å². The summed E-state index contributed by atoms with van der Waals surface area (Å²) in [5.74, 6) is 1.87. The molecule has 0 saturated heterocycles. The standard InChI is InChI=1S/C17H27NO/c1-3-19-17-11-8-13(2)12-15(17)16(18)10-9-14-6-4-5-7-14/h8,11-12,14,16H,3-7,9-10,18H2,1-2H3. The van der Waals surface area contributed by atoms with E-state index in [1.807, 2.05) is 6.92 Å². The highest BCUT2D eigenvalue weighted by Crippen LogP contribution is 2.33. The highest BCUT2D eigenvalue weighted by molar-refractivity contribution is 5.39.